The molecule has 1 aliphatic heterocycles. The van der Waals surface area contributed by atoms with Gasteiger partial charge in [-0.15, -0.1) is 5.06 Å². The number of para-hydroxylation sites is 1. The number of benzene rings is 3. The lowest BCUT2D eigenvalue weighted by Gasteiger charge is -2.15. The summed E-state index contributed by atoms with van der Waals surface area (Å²) >= 11 is 0. The summed E-state index contributed by atoms with van der Waals surface area (Å²) in [7, 11) is 1.87. The van der Waals surface area contributed by atoms with Gasteiger partial charge in [0.1, 0.15) is 7.05 Å². The molecule has 4 aromatic rings. The van der Waals surface area contributed by atoms with E-state index in [4.69, 9.17) is 4.84 Å². The fourth-order valence-electron chi connectivity index (χ4n) is 4.83. The van der Waals surface area contributed by atoms with Gasteiger partial charge in [-0.1, -0.05) is 54.6 Å². The van der Waals surface area contributed by atoms with Crippen LogP contribution in [0.1, 0.15) is 35.2 Å². The van der Waals surface area contributed by atoms with Crippen molar-refractivity contribution in [3.05, 3.63) is 77.9 Å². The van der Waals surface area contributed by atoms with E-state index in [1.165, 1.54) is 0 Å². The van der Waals surface area contributed by atoms with E-state index in [1.807, 2.05) is 72.3 Å². The van der Waals surface area contributed by atoms with Crippen molar-refractivity contribution >= 4 is 45.6 Å². The molecule has 1 N–H and O–H groups in total. The number of rotatable bonds is 6. The average Bonchev–Trinajstić information content (AvgIpc) is 3.19. The summed E-state index contributed by atoms with van der Waals surface area (Å²) in [5, 5.41) is 12.0. The van der Waals surface area contributed by atoms with Crippen molar-refractivity contribution in [2.75, 3.05) is 0 Å². The minimum Gasteiger partial charge on any atom is -0.478 e. The first kappa shape index (κ1) is 23.2. The van der Waals surface area contributed by atoms with Crippen LogP contribution in [0.2, 0.25) is 0 Å². The summed E-state index contributed by atoms with van der Waals surface area (Å²) in [4.78, 5) is 53.7. The molecule has 0 aliphatic carbocycles. The molecular weight excluding hydrogens is 460 g/mol. The number of hydrogen-bond donors (Lipinski definition) is 1. The van der Waals surface area contributed by atoms with Crippen molar-refractivity contribution in [1.29, 1.82) is 0 Å². The molecule has 5 rings (SSSR count). The molecule has 2 heterocycles. The Hall–Kier alpha value is -4.59. The Morgan fingerprint density at radius 1 is 0.944 bits per heavy atom. The third-order valence-electron chi connectivity index (χ3n) is 6.48. The quantitative estimate of drug-likeness (QED) is 0.255. The van der Waals surface area contributed by atoms with E-state index in [1.54, 1.807) is 6.07 Å². The number of hydrogen-bond acceptors (Lipinski definition) is 5. The highest BCUT2D eigenvalue weighted by Crippen LogP contribution is 2.35. The highest BCUT2D eigenvalue weighted by molar-refractivity contribution is 6.16. The SMILES string of the molecule is C[n+]1c2ccccc2c(C(=O)O)c2c(-c3ccccc3)ccc(CCC(=O)ON3C(=O)CCC3=O)c21. The highest BCUT2D eigenvalue weighted by atomic mass is 16.7. The molecule has 8 nitrogen and oxygen atoms in total. The minimum absolute atomic E-state index is 0.0264. The van der Waals surface area contributed by atoms with Crippen LogP contribution in [0.4, 0.5) is 0 Å². The number of aryl methyl sites for hydroxylation is 2. The summed E-state index contributed by atoms with van der Waals surface area (Å²) < 4.78 is 1.94. The van der Waals surface area contributed by atoms with Crippen molar-refractivity contribution in [3.63, 3.8) is 0 Å². The second kappa shape index (κ2) is 9.22. The first-order chi connectivity index (χ1) is 17.4. The maximum absolute atomic E-state index is 12.6. The number of aromatic carboxylic acids is 1. The number of carboxylic acids is 1. The molecule has 1 aromatic heterocycles. The van der Waals surface area contributed by atoms with Gasteiger partial charge < -0.3 is 9.94 Å². The Morgan fingerprint density at radius 2 is 1.61 bits per heavy atom. The summed E-state index contributed by atoms with van der Waals surface area (Å²) in [6, 6.07) is 20.6. The number of nitrogens with zero attached hydrogens (tertiary/aromatic N) is 2. The van der Waals surface area contributed by atoms with E-state index in [0.29, 0.717) is 21.4 Å². The maximum atomic E-state index is 12.6. The average molecular weight is 484 g/mol. The topological polar surface area (TPSA) is 105 Å². The Bertz CT molecular complexity index is 1550. The fraction of sp³-hybridized carbons (Fsp3) is 0.179. The van der Waals surface area contributed by atoms with Crippen LogP contribution in [0.15, 0.2) is 66.7 Å². The van der Waals surface area contributed by atoms with Gasteiger partial charge in [0.15, 0.2) is 0 Å². The van der Waals surface area contributed by atoms with Gasteiger partial charge in [-0.05, 0) is 23.6 Å². The zero-order valence-corrected chi connectivity index (χ0v) is 19.6. The first-order valence-corrected chi connectivity index (χ1v) is 11.6. The summed E-state index contributed by atoms with van der Waals surface area (Å²) in [6.45, 7) is 0. The summed E-state index contributed by atoms with van der Waals surface area (Å²) in [5.74, 6) is -2.82. The Balaban J connectivity index is 1.65. The molecule has 36 heavy (non-hydrogen) atoms. The fourth-order valence-corrected chi connectivity index (χ4v) is 4.83. The second-order valence-electron chi connectivity index (χ2n) is 8.66. The van der Waals surface area contributed by atoms with Crippen LogP contribution in [0.3, 0.4) is 0 Å². The van der Waals surface area contributed by atoms with Gasteiger partial charge in [-0.25, -0.2) is 9.59 Å². The molecule has 1 aliphatic rings. The lowest BCUT2D eigenvalue weighted by atomic mass is 9.91. The van der Waals surface area contributed by atoms with Crippen LogP contribution in [-0.2, 0) is 32.7 Å². The van der Waals surface area contributed by atoms with Crippen LogP contribution in [0.25, 0.3) is 32.9 Å². The molecule has 0 bridgehead atoms. The zero-order chi connectivity index (χ0) is 25.4. The van der Waals surface area contributed by atoms with Gasteiger partial charge >= 0.3 is 11.9 Å². The van der Waals surface area contributed by atoms with Crippen LogP contribution in [0, 0.1) is 0 Å². The van der Waals surface area contributed by atoms with Gasteiger partial charge in [0.25, 0.3) is 11.8 Å². The van der Waals surface area contributed by atoms with Crippen molar-refractivity contribution in [1.82, 2.24) is 5.06 Å². The molecule has 0 saturated carbocycles. The van der Waals surface area contributed by atoms with Gasteiger partial charge in [0.05, 0.1) is 22.8 Å². The van der Waals surface area contributed by atoms with Crippen LogP contribution in [-0.4, -0.2) is 33.9 Å². The van der Waals surface area contributed by atoms with Crippen LogP contribution >= 0.6 is 0 Å². The highest BCUT2D eigenvalue weighted by Gasteiger charge is 2.33. The molecule has 2 amide bonds. The molecule has 8 heteroatoms. The molecule has 0 unspecified atom stereocenters. The molecule has 180 valence electrons. The molecule has 1 saturated heterocycles. The molecular formula is C28H23N2O6+. The molecule has 0 spiro atoms. The molecule has 0 radical (unpaired) electrons. The maximum Gasteiger partial charge on any atom is 0.337 e. The molecule has 1 fully saturated rings. The number of imide groups is 1. The Labute approximate surface area is 206 Å². The number of carboxylic acid groups (broad SMARTS) is 1. The molecule has 3 aromatic carbocycles. The lowest BCUT2D eigenvalue weighted by molar-refractivity contribution is -0.618. The van der Waals surface area contributed by atoms with E-state index in [2.05, 4.69) is 0 Å². The number of pyridine rings is 1. The molecule has 0 atom stereocenters. The van der Waals surface area contributed by atoms with Crippen LogP contribution < -0.4 is 4.57 Å². The van der Waals surface area contributed by atoms with Gasteiger partial charge in [0, 0.05) is 24.5 Å². The lowest BCUT2D eigenvalue weighted by Crippen LogP contribution is -2.33. The summed E-state index contributed by atoms with van der Waals surface area (Å²) in [5.41, 5.74) is 4.01. The zero-order valence-electron chi connectivity index (χ0n) is 19.6. The standard InChI is InChI=1S/C28H22N2O6/c1-29-21-10-6-5-9-20(21)26(28(34)35)25-19(17-7-3-2-4-8-17)13-11-18(27(25)29)12-16-24(33)36-30-22(31)14-15-23(30)32/h2-11,13H,12,14-16H2,1H3/p+1. The third-order valence-corrected chi connectivity index (χ3v) is 6.48. The number of aromatic nitrogens is 1. The van der Waals surface area contributed by atoms with E-state index >= 15 is 0 Å². The largest absolute Gasteiger partial charge is 0.478 e. The Kier molecular flexibility index (Phi) is 5.93. The first-order valence-electron chi connectivity index (χ1n) is 11.6. The normalized spacial score (nSPS) is 13.5. The van der Waals surface area contributed by atoms with E-state index < -0.39 is 23.8 Å². The predicted molar refractivity (Wildman–Crippen MR) is 131 cm³/mol. The van der Waals surface area contributed by atoms with Gasteiger partial charge in [-0.3, -0.25) is 9.59 Å². The number of carbonyl (C=O) groups is 4. The Morgan fingerprint density at radius 3 is 2.31 bits per heavy atom. The number of hydroxylamine groups is 2. The summed E-state index contributed by atoms with van der Waals surface area (Å²) in [6.07, 6.45) is 0.190. The van der Waals surface area contributed by atoms with Crippen molar-refractivity contribution in [2.45, 2.75) is 25.7 Å². The number of amides is 2. The van der Waals surface area contributed by atoms with E-state index in [0.717, 1.165) is 22.2 Å². The minimum atomic E-state index is -1.04. The van der Waals surface area contributed by atoms with Gasteiger partial charge in [0.2, 0.25) is 11.0 Å². The monoisotopic (exact) mass is 483 g/mol. The van der Waals surface area contributed by atoms with Gasteiger partial charge in [-0.2, -0.15) is 4.57 Å². The smallest absolute Gasteiger partial charge is 0.337 e. The third kappa shape index (κ3) is 3.96. The van der Waals surface area contributed by atoms with Crippen LogP contribution in [0.5, 0.6) is 0 Å². The van der Waals surface area contributed by atoms with Crippen molar-refractivity contribution in [3.8, 4) is 11.1 Å². The van der Waals surface area contributed by atoms with Crippen molar-refractivity contribution in [2.24, 2.45) is 7.05 Å². The van der Waals surface area contributed by atoms with E-state index in [9.17, 15) is 24.3 Å². The van der Waals surface area contributed by atoms with Crippen molar-refractivity contribution < 1.29 is 33.7 Å². The number of fused-ring (bicyclic) bond motifs is 2. The second-order valence-corrected chi connectivity index (χ2v) is 8.66. The number of carbonyl (C=O) groups excluding carboxylic acids is 3. The van der Waals surface area contributed by atoms with E-state index in [-0.39, 0.29) is 31.2 Å². The predicted octanol–water partition coefficient (Wildman–Crippen LogP) is 3.72.